The minimum Gasteiger partial charge on any atom is -0.332 e. The van der Waals surface area contributed by atoms with Crippen molar-refractivity contribution in [2.24, 2.45) is 7.05 Å². The standard InChI is InChI=1S/C19H24N6O/c1-12(2)17-21-11-16-18(26)23(4)19(22-25(16)17)24-9-5-6-15(24)14-8-7-13(3)10-20-14/h7-8,10-12,15H,5-6,9H2,1-4H3/t15-/m0/s1. The molecule has 136 valence electrons. The van der Waals surface area contributed by atoms with E-state index in [1.165, 1.54) is 0 Å². The number of hydrogen-bond donors (Lipinski definition) is 0. The summed E-state index contributed by atoms with van der Waals surface area (Å²) in [6.45, 7) is 7.01. The Morgan fingerprint density at radius 3 is 2.69 bits per heavy atom. The number of pyridine rings is 1. The molecule has 1 aliphatic rings. The van der Waals surface area contributed by atoms with Crippen LogP contribution in [-0.2, 0) is 7.05 Å². The molecule has 0 bridgehead atoms. The van der Waals surface area contributed by atoms with E-state index in [9.17, 15) is 4.79 Å². The van der Waals surface area contributed by atoms with Gasteiger partial charge in [-0.05, 0) is 31.4 Å². The second-order valence-electron chi connectivity index (χ2n) is 7.34. The fraction of sp³-hybridized carbons (Fsp3) is 0.474. The van der Waals surface area contributed by atoms with Crippen molar-refractivity contribution in [3.8, 4) is 0 Å². The predicted octanol–water partition coefficient (Wildman–Crippen LogP) is 2.60. The molecule has 0 N–H and O–H groups in total. The molecule has 4 heterocycles. The maximum atomic E-state index is 12.8. The fourth-order valence-corrected chi connectivity index (χ4v) is 3.66. The van der Waals surface area contributed by atoms with Crippen LogP contribution in [0.15, 0.2) is 29.3 Å². The first-order valence-corrected chi connectivity index (χ1v) is 9.11. The predicted molar refractivity (Wildman–Crippen MR) is 101 cm³/mol. The molecule has 0 spiro atoms. The topological polar surface area (TPSA) is 68.3 Å². The lowest BCUT2D eigenvalue weighted by molar-refractivity contribution is 0.625. The number of aromatic nitrogens is 5. The lowest BCUT2D eigenvalue weighted by Crippen LogP contribution is -2.33. The number of rotatable bonds is 3. The number of aryl methyl sites for hydroxylation is 1. The van der Waals surface area contributed by atoms with E-state index in [0.29, 0.717) is 11.5 Å². The van der Waals surface area contributed by atoms with E-state index in [1.54, 1.807) is 22.3 Å². The number of imidazole rings is 1. The van der Waals surface area contributed by atoms with Gasteiger partial charge in [0.2, 0.25) is 5.95 Å². The van der Waals surface area contributed by atoms with Crippen LogP contribution in [0.4, 0.5) is 5.95 Å². The third-order valence-corrected chi connectivity index (χ3v) is 5.08. The lowest BCUT2D eigenvalue weighted by atomic mass is 10.1. The van der Waals surface area contributed by atoms with E-state index < -0.39 is 0 Å². The molecule has 3 aromatic rings. The van der Waals surface area contributed by atoms with E-state index in [4.69, 9.17) is 5.10 Å². The highest BCUT2D eigenvalue weighted by Gasteiger charge is 2.31. The van der Waals surface area contributed by atoms with Crippen LogP contribution in [0.2, 0.25) is 0 Å². The molecule has 7 heteroatoms. The van der Waals surface area contributed by atoms with E-state index in [-0.39, 0.29) is 17.5 Å². The SMILES string of the molecule is Cc1ccc([C@@H]2CCCN2c2nn3c(C(C)C)ncc3c(=O)n2C)nc1. The van der Waals surface area contributed by atoms with Crippen molar-refractivity contribution < 1.29 is 0 Å². The molecule has 1 atom stereocenters. The minimum atomic E-state index is -0.0723. The third-order valence-electron chi connectivity index (χ3n) is 5.08. The molecule has 0 unspecified atom stereocenters. The minimum absolute atomic E-state index is 0.0723. The average Bonchev–Trinajstić information content (AvgIpc) is 3.25. The lowest BCUT2D eigenvalue weighted by Gasteiger charge is -2.26. The molecule has 0 radical (unpaired) electrons. The normalized spacial score (nSPS) is 17.6. The van der Waals surface area contributed by atoms with Gasteiger partial charge in [0, 0.05) is 25.7 Å². The van der Waals surface area contributed by atoms with Crippen LogP contribution in [0.5, 0.6) is 0 Å². The first-order valence-electron chi connectivity index (χ1n) is 9.11. The van der Waals surface area contributed by atoms with Crippen LogP contribution in [0, 0.1) is 6.92 Å². The second-order valence-corrected chi connectivity index (χ2v) is 7.34. The summed E-state index contributed by atoms with van der Waals surface area (Å²) >= 11 is 0. The maximum Gasteiger partial charge on any atom is 0.280 e. The van der Waals surface area contributed by atoms with Gasteiger partial charge in [0.15, 0.2) is 5.52 Å². The van der Waals surface area contributed by atoms with Crippen molar-refractivity contribution in [2.45, 2.75) is 45.6 Å². The van der Waals surface area contributed by atoms with Crippen molar-refractivity contribution in [3.05, 3.63) is 52.0 Å². The van der Waals surface area contributed by atoms with Crippen LogP contribution >= 0.6 is 0 Å². The van der Waals surface area contributed by atoms with Gasteiger partial charge in [-0.25, -0.2) is 9.50 Å². The summed E-state index contributed by atoms with van der Waals surface area (Å²) in [5.41, 5.74) is 2.61. The molecule has 26 heavy (non-hydrogen) atoms. The molecular formula is C19H24N6O. The maximum absolute atomic E-state index is 12.8. The largest absolute Gasteiger partial charge is 0.332 e. The summed E-state index contributed by atoms with van der Waals surface area (Å²) in [6, 6.07) is 4.30. The Morgan fingerprint density at radius 2 is 2.00 bits per heavy atom. The zero-order chi connectivity index (χ0) is 18.4. The molecule has 0 aromatic carbocycles. The number of nitrogens with zero attached hydrogens (tertiary/aromatic N) is 6. The average molecular weight is 352 g/mol. The molecule has 0 saturated carbocycles. The fourth-order valence-electron chi connectivity index (χ4n) is 3.66. The number of hydrogen-bond acceptors (Lipinski definition) is 5. The van der Waals surface area contributed by atoms with Gasteiger partial charge in [-0.3, -0.25) is 14.3 Å². The third kappa shape index (κ3) is 2.58. The highest BCUT2D eigenvalue weighted by Crippen LogP contribution is 2.33. The molecule has 1 saturated heterocycles. The summed E-state index contributed by atoms with van der Waals surface area (Å²) in [5, 5.41) is 4.81. The van der Waals surface area contributed by atoms with E-state index in [1.807, 2.05) is 13.1 Å². The molecule has 0 aliphatic carbocycles. The summed E-state index contributed by atoms with van der Waals surface area (Å²) in [4.78, 5) is 24.1. The van der Waals surface area contributed by atoms with Crippen molar-refractivity contribution in [1.29, 1.82) is 0 Å². The summed E-state index contributed by atoms with van der Waals surface area (Å²) in [5.74, 6) is 1.67. The summed E-state index contributed by atoms with van der Waals surface area (Å²) in [6.07, 6.45) is 5.58. The molecule has 7 nitrogen and oxygen atoms in total. The molecule has 4 rings (SSSR count). The second kappa shape index (κ2) is 6.23. The molecular weight excluding hydrogens is 328 g/mol. The first kappa shape index (κ1) is 16.8. The summed E-state index contributed by atoms with van der Waals surface area (Å²) in [7, 11) is 1.78. The Hall–Kier alpha value is -2.70. The molecule has 1 fully saturated rings. The van der Waals surface area contributed by atoms with Crippen molar-refractivity contribution in [2.75, 3.05) is 11.4 Å². The van der Waals surface area contributed by atoms with Gasteiger partial charge in [0.05, 0.1) is 17.9 Å². The van der Waals surface area contributed by atoms with Gasteiger partial charge >= 0.3 is 0 Å². The Morgan fingerprint density at radius 1 is 1.19 bits per heavy atom. The Bertz CT molecular complexity index is 1000. The first-order chi connectivity index (χ1) is 12.5. The Kier molecular flexibility index (Phi) is 4.01. The molecule has 0 amide bonds. The van der Waals surface area contributed by atoms with Crippen LogP contribution < -0.4 is 10.5 Å². The molecule has 3 aromatic heterocycles. The van der Waals surface area contributed by atoms with Gasteiger partial charge in [0.25, 0.3) is 5.56 Å². The van der Waals surface area contributed by atoms with Crippen LogP contribution in [0.1, 0.15) is 55.7 Å². The molecule has 1 aliphatic heterocycles. The Labute approximate surface area is 152 Å². The van der Waals surface area contributed by atoms with Crippen molar-refractivity contribution in [3.63, 3.8) is 0 Å². The number of fused-ring (bicyclic) bond motifs is 1. The highest BCUT2D eigenvalue weighted by molar-refractivity contribution is 5.47. The summed E-state index contributed by atoms with van der Waals surface area (Å²) < 4.78 is 3.34. The van der Waals surface area contributed by atoms with E-state index in [2.05, 4.69) is 40.8 Å². The van der Waals surface area contributed by atoms with Gasteiger partial charge < -0.3 is 4.90 Å². The van der Waals surface area contributed by atoms with Crippen molar-refractivity contribution in [1.82, 2.24) is 24.1 Å². The highest BCUT2D eigenvalue weighted by atomic mass is 16.1. The Balaban J connectivity index is 1.84. The number of anilines is 1. The van der Waals surface area contributed by atoms with Gasteiger partial charge in [0.1, 0.15) is 5.82 Å². The van der Waals surface area contributed by atoms with E-state index >= 15 is 0 Å². The monoisotopic (exact) mass is 352 g/mol. The zero-order valence-electron chi connectivity index (χ0n) is 15.7. The van der Waals surface area contributed by atoms with Crippen molar-refractivity contribution >= 4 is 11.5 Å². The van der Waals surface area contributed by atoms with Crippen LogP contribution in [0.3, 0.4) is 0 Å². The smallest absolute Gasteiger partial charge is 0.280 e. The zero-order valence-corrected chi connectivity index (χ0v) is 15.7. The van der Waals surface area contributed by atoms with E-state index in [0.717, 1.165) is 36.5 Å². The van der Waals surface area contributed by atoms with Gasteiger partial charge in [-0.15, -0.1) is 5.10 Å². The van der Waals surface area contributed by atoms with Gasteiger partial charge in [-0.2, -0.15) is 0 Å². The van der Waals surface area contributed by atoms with Gasteiger partial charge in [-0.1, -0.05) is 19.9 Å². The quantitative estimate of drug-likeness (QED) is 0.725. The van der Waals surface area contributed by atoms with Crippen LogP contribution in [-0.4, -0.2) is 30.7 Å². The van der Waals surface area contributed by atoms with Crippen LogP contribution in [0.25, 0.3) is 5.52 Å².